The van der Waals surface area contributed by atoms with E-state index >= 15 is 0 Å². The first kappa shape index (κ1) is 22.5. The second-order valence-electron chi connectivity index (χ2n) is 9.14. The van der Waals surface area contributed by atoms with Gasteiger partial charge in [-0.1, -0.05) is 25.1 Å². The van der Waals surface area contributed by atoms with Crippen molar-refractivity contribution in [1.29, 1.82) is 0 Å². The van der Waals surface area contributed by atoms with E-state index in [-0.39, 0.29) is 23.8 Å². The van der Waals surface area contributed by atoms with E-state index in [2.05, 4.69) is 54.0 Å². The molecule has 1 aliphatic carbocycles. The molecule has 172 valence electrons. The fourth-order valence-corrected chi connectivity index (χ4v) is 4.92. The predicted octanol–water partition coefficient (Wildman–Crippen LogP) is 5.30. The number of nitrogens with one attached hydrogen (secondary N) is 2. The molecule has 0 radical (unpaired) electrons. The number of hydrogen-bond acceptors (Lipinski definition) is 4. The van der Waals surface area contributed by atoms with Crippen LogP contribution < -0.4 is 20.1 Å². The Hall–Kier alpha value is -2.69. The van der Waals surface area contributed by atoms with Gasteiger partial charge in [-0.3, -0.25) is 4.79 Å². The minimum absolute atomic E-state index is 0.0310. The molecule has 2 atom stereocenters. The van der Waals surface area contributed by atoms with Gasteiger partial charge in [-0.25, -0.2) is 0 Å². The molecule has 1 aliphatic heterocycles. The van der Waals surface area contributed by atoms with Crippen LogP contribution >= 0.6 is 0 Å². The molecule has 32 heavy (non-hydrogen) atoms. The van der Waals surface area contributed by atoms with Crippen molar-refractivity contribution in [1.82, 2.24) is 5.32 Å². The number of hydrogen-bond donors (Lipinski definition) is 2. The monoisotopic (exact) mass is 436 g/mol. The third kappa shape index (κ3) is 5.56. The van der Waals surface area contributed by atoms with Gasteiger partial charge in [-0.2, -0.15) is 0 Å². The van der Waals surface area contributed by atoms with Crippen LogP contribution in [0.5, 0.6) is 11.5 Å². The second-order valence-corrected chi connectivity index (χ2v) is 9.14. The fourth-order valence-electron chi connectivity index (χ4n) is 4.92. The quantitative estimate of drug-likeness (QED) is 0.560. The normalized spacial score (nSPS) is 21.2. The Balaban J connectivity index is 1.46. The summed E-state index contributed by atoms with van der Waals surface area (Å²) in [5.74, 6) is 2.02. The van der Waals surface area contributed by atoms with E-state index in [1.165, 1.54) is 24.0 Å². The molecule has 2 aromatic rings. The highest BCUT2D eigenvalue weighted by Crippen LogP contribution is 2.37. The minimum atomic E-state index is -0.0310. The number of carbonyl (C=O) groups is 1. The molecule has 0 bridgehead atoms. The average Bonchev–Trinajstić information content (AvgIpc) is 3.32. The molecule has 0 unspecified atom stereocenters. The summed E-state index contributed by atoms with van der Waals surface area (Å²) >= 11 is 0. The van der Waals surface area contributed by atoms with Crippen LogP contribution in [0, 0.1) is 5.92 Å². The van der Waals surface area contributed by atoms with E-state index in [1.807, 2.05) is 6.07 Å². The highest BCUT2D eigenvalue weighted by atomic mass is 16.5. The summed E-state index contributed by atoms with van der Waals surface area (Å²) in [6.07, 6.45) is 7.66. The SMILES string of the molecule is CCCNc1cccc(C[C@H]2C[C@@H](c3ccc(OC)c(OC4CCCC4)c3)CNC2=O)c1. The number of rotatable bonds is 9. The van der Waals surface area contributed by atoms with E-state index in [0.717, 1.165) is 55.8 Å². The number of piperidine rings is 1. The highest BCUT2D eigenvalue weighted by Gasteiger charge is 2.30. The van der Waals surface area contributed by atoms with Crippen LogP contribution in [0.1, 0.15) is 62.5 Å². The Morgan fingerprint density at radius 1 is 1.09 bits per heavy atom. The first-order valence-electron chi connectivity index (χ1n) is 12.1. The van der Waals surface area contributed by atoms with Crippen molar-refractivity contribution in [3.63, 3.8) is 0 Å². The van der Waals surface area contributed by atoms with Gasteiger partial charge in [-0.05, 0) is 80.3 Å². The number of ether oxygens (including phenoxy) is 2. The van der Waals surface area contributed by atoms with Crippen LogP contribution in [0.25, 0.3) is 0 Å². The van der Waals surface area contributed by atoms with Gasteiger partial charge in [0, 0.05) is 30.6 Å². The molecule has 4 rings (SSSR count). The maximum Gasteiger partial charge on any atom is 0.223 e. The van der Waals surface area contributed by atoms with Crippen LogP contribution in [0.15, 0.2) is 42.5 Å². The lowest BCUT2D eigenvalue weighted by Crippen LogP contribution is -2.41. The average molecular weight is 437 g/mol. The van der Waals surface area contributed by atoms with Gasteiger partial charge in [0.2, 0.25) is 5.91 Å². The van der Waals surface area contributed by atoms with Gasteiger partial charge < -0.3 is 20.1 Å². The van der Waals surface area contributed by atoms with E-state index in [4.69, 9.17) is 9.47 Å². The number of anilines is 1. The Morgan fingerprint density at radius 2 is 1.94 bits per heavy atom. The molecule has 5 nitrogen and oxygen atoms in total. The summed E-state index contributed by atoms with van der Waals surface area (Å²) in [4.78, 5) is 12.7. The van der Waals surface area contributed by atoms with E-state index < -0.39 is 0 Å². The molecular formula is C27H36N2O3. The third-order valence-electron chi connectivity index (χ3n) is 6.71. The summed E-state index contributed by atoms with van der Waals surface area (Å²) in [6.45, 7) is 3.79. The van der Waals surface area contributed by atoms with Crippen LogP contribution in [-0.2, 0) is 11.2 Å². The molecular weight excluding hydrogens is 400 g/mol. The third-order valence-corrected chi connectivity index (χ3v) is 6.71. The van der Waals surface area contributed by atoms with Crippen molar-refractivity contribution in [2.45, 2.75) is 63.9 Å². The largest absolute Gasteiger partial charge is 0.493 e. The number of methoxy groups -OCH3 is 1. The summed E-state index contributed by atoms with van der Waals surface area (Å²) in [5, 5.41) is 6.58. The lowest BCUT2D eigenvalue weighted by Gasteiger charge is -2.30. The lowest BCUT2D eigenvalue weighted by atomic mass is 9.82. The maximum atomic E-state index is 12.7. The molecule has 0 aromatic heterocycles. The number of carbonyl (C=O) groups excluding carboxylic acids is 1. The van der Waals surface area contributed by atoms with Crippen molar-refractivity contribution >= 4 is 11.6 Å². The smallest absolute Gasteiger partial charge is 0.223 e. The van der Waals surface area contributed by atoms with Crippen molar-refractivity contribution in [3.05, 3.63) is 53.6 Å². The minimum Gasteiger partial charge on any atom is -0.493 e. The van der Waals surface area contributed by atoms with Crippen molar-refractivity contribution < 1.29 is 14.3 Å². The zero-order valence-electron chi connectivity index (χ0n) is 19.4. The van der Waals surface area contributed by atoms with Gasteiger partial charge in [0.1, 0.15) is 0 Å². The number of amides is 1. The van der Waals surface area contributed by atoms with Crippen molar-refractivity contribution in [2.75, 3.05) is 25.5 Å². The maximum absolute atomic E-state index is 12.7. The first-order chi connectivity index (χ1) is 15.7. The predicted molar refractivity (Wildman–Crippen MR) is 129 cm³/mol. The van der Waals surface area contributed by atoms with Gasteiger partial charge in [0.05, 0.1) is 13.2 Å². The molecule has 1 heterocycles. The molecule has 5 heteroatoms. The molecule has 2 aromatic carbocycles. The molecule has 1 saturated heterocycles. The topological polar surface area (TPSA) is 59.6 Å². The molecule has 0 spiro atoms. The van der Waals surface area contributed by atoms with E-state index in [0.29, 0.717) is 6.54 Å². The van der Waals surface area contributed by atoms with Crippen molar-refractivity contribution in [3.8, 4) is 11.5 Å². The second kappa shape index (κ2) is 10.8. The Bertz CT molecular complexity index is 908. The standard InChI is InChI=1S/C27H36N2O3/c1-3-13-28-23-8-6-7-19(15-23)14-21-16-22(18-29-27(21)30)20-11-12-25(31-2)26(17-20)32-24-9-4-5-10-24/h6-8,11-12,15,17,21-22,24,28H,3-5,9-10,13-14,16,18H2,1-2H3,(H,29,30)/t21-,22+/m0/s1. The molecule has 2 N–H and O–H groups in total. The summed E-state index contributed by atoms with van der Waals surface area (Å²) in [7, 11) is 1.69. The summed E-state index contributed by atoms with van der Waals surface area (Å²) in [6, 6.07) is 14.7. The van der Waals surface area contributed by atoms with Crippen molar-refractivity contribution in [2.24, 2.45) is 5.92 Å². The molecule has 2 aliphatic rings. The van der Waals surface area contributed by atoms with Gasteiger partial charge in [0.15, 0.2) is 11.5 Å². The van der Waals surface area contributed by atoms with Crippen LogP contribution in [-0.4, -0.2) is 32.2 Å². The number of benzene rings is 2. The van der Waals surface area contributed by atoms with Gasteiger partial charge in [0.25, 0.3) is 0 Å². The van der Waals surface area contributed by atoms with Gasteiger partial charge in [-0.15, -0.1) is 0 Å². The van der Waals surface area contributed by atoms with Crippen LogP contribution in [0.2, 0.25) is 0 Å². The molecule has 1 saturated carbocycles. The Morgan fingerprint density at radius 3 is 2.72 bits per heavy atom. The van der Waals surface area contributed by atoms with Gasteiger partial charge >= 0.3 is 0 Å². The van der Waals surface area contributed by atoms with E-state index in [9.17, 15) is 4.79 Å². The van der Waals surface area contributed by atoms with E-state index in [1.54, 1.807) is 7.11 Å². The molecule has 1 amide bonds. The van der Waals surface area contributed by atoms with Crippen LogP contribution in [0.3, 0.4) is 0 Å². The summed E-state index contributed by atoms with van der Waals surface area (Å²) < 4.78 is 11.9. The first-order valence-corrected chi connectivity index (χ1v) is 12.1. The lowest BCUT2D eigenvalue weighted by molar-refractivity contribution is -0.126. The Labute approximate surface area is 191 Å². The van der Waals surface area contributed by atoms with Crippen LogP contribution in [0.4, 0.5) is 5.69 Å². The summed E-state index contributed by atoms with van der Waals surface area (Å²) in [5.41, 5.74) is 3.54. The zero-order chi connectivity index (χ0) is 22.3. The fraction of sp³-hybridized carbons (Fsp3) is 0.519. The Kier molecular flexibility index (Phi) is 7.56. The molecule has 2 fully saturated rings. The highest BCUT2D eigenvalue weighted by molar-refractivity contribution is 5.80. The zero-order valence-corrected chi connectivity index (χ0v) is 19.4.